The molecule has 3 heteroatoms. The van der Waals surface area contributed by atoms with Gasteiger partial charge in [-0.2, -0.15) is 21.9 Å². The molecule has 0 spiro atoms. The second kappa shape index (κ2) is 5.79. The lowest BCUT2D eigenvalue weighted by atomic mass is 9.89. The molecule has 1 heterocycles. The Labute approximate surface area is 170 Å². The number of nitrogens with zero attached hydrogens (tertiary/aromatic N) is 2. The van der Waals surface area contributed by atoms with Crippen molar-refractivity contribution in [2.24, 2.45) is 0 Å². The Hall–Kier alpha value is -3.92. The van der Waals surface area contributed by atoms with E-state index in [4.69, 9.17) is 0 Å². The minimum Gasteiger partial charge on any atom is -0.192 e. The molecule has 0 N–H and O–H groups in total. The summed E-state index contributed by atoms with van der Waals surface area (Å²) in [6, 6.07) is 25.6. The van der Waals surface area contributed by atoms with Crippen LogP contribution in [0.15, 0.2) is 71.4 Å². The quantitative estimate of drug-likeness (QED) is 0.259. The molecular weight excluding hydrogens is 372 g/mol. The van der Waals surface area contributed by atoms with Gasteiger partial charge in [-0.05, 0) is 79.5 Å². The SMILES string of the molecule is N#Cc1c2cc3cscc3cc2c(C#N)c2cc3cc4ccccc4cc3cc12. The van der Waals surface area contributed by atoms with E-state index in [9.17, 15) is 10.5 Å². The summed E-state index contributed by atoms with van der Waals surface area (Å²) < 4.78 is 0. The summed E-state index contributed by atoms with van der Waals surface area (Å²) in [5, 5.41) is 34.3. The fourth-order valence-corrected chi connectivity index (χ4v) is 5.14. The number of fused-ring (bicyclic) bond motifs is 5. The van der Waals surface area contributed by atoms with Crippen LogP contribution in [-0.2, 0) is 0 Å². The van der Waals surface area contributed by atoms with E-state index >= 15 is 0 Å². The van der Waals surface area contributed by atoms with Gasteiger partial charge in [0.25, 0.3) is 0 Å². The van der Waals surface area contributed by atoms with Crippen LogP contribution in [0, 0.1) is 22.7 Å². The molecule has 0 saturated carbocycles. The van der Waals surface area contributed by atoms with Crippen LogP contribution in [-0.4, -0.2) is 0 Å². The Morgan fingerprint density at radius 1 is 0.517 bits per heavy atom. The van der Waals surface area contributed by atoms with Crippen molar-refractivity contribution < 1.29 is 0 Å². The van der Waals surface area contributed by atoms with Gasteiger partial charge in [0.1, 0.15) is 12.1 Å². The van der Waals surface area contributed by atoms with Gasteiger partial charge in [-0.3, -0.25) is 0 Å². The standard InChI is InChI=1S/C26H12N2S/c27-11-25-21-7-17-5-15-3-1-2-4-16(15)6-18(17)8-22(21)26(12-28)24-10-20-14-29-13-19(20)9-23(24)25/h1-10,13-14H. The van der Waals surface area contributed by atoms with Crippen LogP contribution in [0.25, 0.3) is 53.9 Å². The molecule has 0 saturated heterocycles. The smallest absolute Gasteiger partial charge is 0.100 e. The van der Waals surface area contributed by atoms with Crippen LogP contribution in [0.3, 0.4) is 0 Å². The van der Waals surface area contributed by atoms with E-state index < -0.39 is 0 Å². The van der Waals surface area contributed by atoms with Crippen LogP contribution in [0.1, 0.15) is 11.1 Å². The highest BCUT2D eigenvalue weighted by atomic mass is 32.1. The minimum absolute atomic E-state index is 0.636. The van der Waals surface area contributed by atoms with Crippen LogP contribution in [0.4, 0.5) is 0 Å². The third-order valence-electron chi connectivity index (χ3n) is 5.76. The van der Waals surface area contributed by atoms with Crippen molar-refractivity contribution in [2.45, 2.75) is 0 Å². The zero-order valence-corrected chi connectivity index (χ0v) is 16.0. The topological polar surface area (TPSA) is 47.6 Å². The fourth-order valence-electron chi connectivity index (χ4n) is 4.37. The minimum atomic E-state index is 0.636. The molecule has 0 atom stereocenters. The number of nitriles is 2. The summed E-state index contributed by atoms with van der Waals surface area (Å²) >= 11 is 1.63. The molecule has 1 aromatic heterocycles. The van der Waals surface area contributed by atoms with Gasteiger partial charge in [-0.25, -0.2) is 0 Å². The molecule has 0 radical (unpaired) electrons. The molecule has 2 nitrogen and oxygen atoms in total. The predicted molar refractivity (Wildman–Crippen MR) is 121 cm³/mol. The van der Waals surface area contributed by atoms with Gasteiger partial charge in [0.05, 0.1) is 11.1 Å². The third kappa shape index (κ3) is 2.20. The lowest BCUT2D eigenvalue weighted by Gasteiger charge is -2.12. The van der Waals surface area contributed by atoms with Crippen molar-refractivity contribution >= 4 is 65.2 Å². The summed E-state index contributed by atoms with van der Waals surface area (Å²) in [4.78, 5) is 0. The summed E-state index contributed by atoms with van der Waals surface area (Å²) in [5.41, 5.74) is 1.27. The van der Waals surface area contributed by atoms with Crippen LogP contribution >= 0.6 is 11.3 Å². The van der Waals surface area contributed by atoms with Crippen molar-refractivity contribution in [2.75, 3.05) is 0 Å². The van der Waals surface area contributed by atoms with Crippen molar-refractivity contribution in [3.05, 3.63) is 82.6 Å². The molecule has 0 bridgehead atoms. The van der Waals surface area contributed by atoms with E-state index in [1.165, 1.54) is 10.8 Å². The third-order valence-corrected chi connectivity index (χ3v) is 6.54. The summed E-state index contributed by atoms with van der Waals surface area (Å²) in [6.07, 6.45) is 0. The molecule has 0 unspecified atom stereocenters. The van der Waals surface area contributed by atoms with Crippen molar-refractivity contribution in [3.63, 3.8) is 0 Å². The largest absolute Gasteiger partial charge is 0.192 e. The molecule has 6 aromatic rings. The molecule has 0 aliphatic carbocycles. The van der Waals surface area contributed by atoms with Crippen LogP contribution in [0.2, 0.25) is 0 Å². The van der Waals surface area contributed by atoms with E-state index in [0.29, 0.717) is 11.1 Å². The summed E-state index contributed by atoms with van der Waals surface area (Å²) in [5.74, 6) is 0. The first-order chi connectivity index (χ1) is 14.3. The lowest BCUT2D eigenvalue weighted by Crippen LogP contribution is -1.91. The molecule has 6 rings (SSSR count). The van der Waals surface area contributed by atoms with Gasteiger partial charge in [-0.1, -0.05) is 24.3 Å². The average Bonchev–Trinajstić information content (AvgIpc) is 3.21. The van der Waals surface area contributed by atoms with E-state index in [2.05, 4.69) is 59.3 Å². The first-order valence-electron chi connectivity index (χ1n) is 9.29. The molecule has 0 fully saturated rings. The normalized spacial score (nSPS) is 11.4. The van der Waals surface area contributed by atoms with E-state index in [-0.39, 0.29) is 0 Å². The van der Waals surface area contributed by atoms with Gasteiger partial charge < -0.3 is 0 Å². The van der Waals surface area contributed by atoms with E-state index in [0.717, 1.165) is 43.1 Å². The van der Waals surface area contributed by atoms with Gasteiger partial charge in [0, 0.05) is 21.5 Å². The first-order valence-corrected chi connectivity index (χ1v) is 10.2. The van der Waals surface area contributed by atoms with Gasteiger partial charge in [0.15, 0.2) is 0 Å². The highest BCUT2D eigenvalue weighted by molar-refractivity contribution is 7.09. The van der Waals surface area contributed by atoms with Crippen LogP contribution < -0.4 is 0 Å². The van der Waals surface area contributed by atoms with Crippen molar-refractivity contribution in [3.8, 4) is 12.1 Å². The maximum atomic E-state index is 10.0. The zero-order valence-electron chi connectivity index (χ0n) is 15.2. The Morgan fingerprint density at radius 3 is 1.34 bits per heavy atom. The molecule has 132 valence electrons. The Kier molecular flexibility index (Phi) is 3.21. The highest BCUT2D eigenvalue weighted by Gasteiger charge is 2.16. The number of hydrogen-bond acceptors (Lipinski definition) is 3. The molecule has 5 aromatic carbocycles. The maximum Gasteiger partial charge on any atom is 0.100 e. The van der Waals surface area contributed by atoms with Crippen LogP contribution in [0.5, 0.6) is 0 Å². The Bertz CT molecular complexity index is 1600. The predicted octanol–water partition coefficient (Wildman–Crippen LogP) is 7.26. The second-order valence-electron chi connectivity index (χ2n) is 7.32. The van der Waals surface area contributed by atoms with E-state index in [1.807, 2.05) is 24.3 Å². The summed E-state index contributed by atoms with van der Waals surface area (Å²) in [7, 11) is 0. The number of hydrogen-bond donors (Lipinski definition) is 0. The van der Waals surface area contributed by atoms with Crippen molar-refractivity contribution in [1.82, 2.24) is 0 Å². The lowest BCUT2D eigenvalue weighted by molar-refractivity contribution is 1.50. The monoisotopic (exact) mass is 384 g/mol. The number of rotatable bonds is 0. The first kappa shape index (κ1) is 16.1. The molecule has 0 aliphatic rings. The van der Waals surface area contributed by atoms with E-state index in [1.54, 1.807) is 11.3 Å². The van der Waals surface area contributed by atoms with Crippen molar-refractivity contribution in [1.29, 1.82) is 10.5 Å². The van der Waals surface area contributed by atoms with Gasteiger partial charge >= 0.3 is 0 Å². The molecule has 0 aliphatic heterocycles. The zero-order chi connectivity index (χ0) is 19.5. The van der Waals surface area contributed by atoms with Gasteiger partial charge in [0.2, 0.25) is 0 Å². The number of thiophene rings is 1. The summed E-state index contributed by atoms with van der Waals surface area (Å²) in [6.45, 7) is 0. The number of benzene rings is 5. The fraction of sp³-hybridized carbons (Fsp3) is 0. The second-order valence-corrected chi connectivity index (χ2v) is 8.06. The molecule has 0 amide bonds. The average molecular weight is 384 g/mol. The van der Waals surface area contributed by atoms with Gasteiger partial charge in [-0.15, -0.1) is 0 Å². The Morgan fingerprint density at radius 2 is 0.931 bits per heavy atom. The molecular formula is C26H12N2S. The highest BCUT2D eigenvalue weighted by Crippen LogP contribution is 2.38. The Balaban J connectivity index is 1.88. The maximum absolute atomic E-state index is 10.0. The molecule has 29 heavy (non-hydrogen) atoms.